The molecular weight excluding hydrogens is 140 g/mol. The van der Waals surface area contributed by atoms with Crippen molar-refractivity contribution in [1.82, 2.24) is 0 Å². The van der Waals surface area contributed by atoms with Gasteiger partial charge >= 0.3 is 0 Å². The highest BCUT2D eigenvalue weighted by atomic mass is 16.5. The van der Waals surface area contributed by atoms with Gasteiger partial charge in [0.2, 0.25) is 0 Å². The Kier molecular flexibility index (Phi) is 3.30. The van der Waals surface area contributed by atoms with E-state index in [1.807, 2.05) is 13.0 Å². The van der Waals surface area contributed by atoms with Crippen molar-refractivity contribution in [3.63, 3.8) is 0 Å². The van der Waals surface area contributed by atoms with E-state index >= 15 is 0 Å². The molecule has 0 N–H and O–H groups in total. The van der Waals surface area contributed by atoms with Crippen LogP contribution < -0.4 is 0 Å². The number of allylic oxidation sites excluding steroid dienone is 1. The lowest BCUT2D eigenvalue weighted by Crippen LogP contribution is -2.25. The van der Waals surface area contributed by atoms with Gasteiger partial charge < -0.3 is 9.53 Å². The summed E-state index contributed by atoms with van der Waals surface area (Å²) in [6.07, 6.45) is 7.06. The minimum Gasteiger partial charge on any atom is -0.374 e. The lowest BCUT2D eigenvalue weighted by Gasteiger charge is -2.22. The van der Waals surface area contributed by atoms with Gasteiger partial charge in [0.05, 0.1) is 6.10 Å². The summed E-state index contributed by atoms with van der Waals surface area (Å²) in [6, 6.07) is 0. The summed E-state index contributed by atoms with van der Waals surface area (Å²) >= 11 is 0. The van der Waals surface area contributed by atoms with E-state index in [0.717, 1.165) is 19.1 Å². The average Bonchev–Trinajstić information content (AvgIpc) is 2.06. The predicted octanol–water partition coefficient (Wildman–Crippen LogP) is 1.56. The van der Waals surface area contributed by atoms with Gasteiger partial charge in [0.15, 0.2) is 0 Å². The molecule has 0 saturated heterocycles. The van der Waals surface area contributed by atoms with Crippen molar-refractivity contribution in [1.29, 1.82) is 0 Å². The maximum absolute atomic E-state index is 10.5. The molecule has 62 valence electrons. The minimum absolute atomic E-state index is 0.0336. The van der Waals surface area contributed by atoms with Gasteiger partial charge in [0.25, 0.3) is 0 Å². The Morgan fingerprint density at radius 3 is 3.18 bits per heavy atom. The normalized spacial score (nSPS) is 30.3. The van der Waals surface area contributed by atoms with Crippen molar-refractivity contribution in [3.05, 3.63) is 12.2 Å². The molecule has 0 aromatic rings. The number of carbonyl (C=O) groups is 1. The Labute approximate surface area is 67.2 Å². The number of hydrogen-bond acceptors (Lipinski definition) is 2. The van der Waals surface area contributed by atoms with Crippen molar-refractivity contribution in [3.8, 4) is 0 Å². The number of ether oxygens (including phenoxy) is 1. The highest BCUT2D eigenvalue weighted by Gasteiger charge is 2.20. The molecule has 0 spiro atoms. The van der Waals surface area contributed by atoms with Crippen LogP contribution >= 0.6 is 0 Å². The second kappa shape index (κ2) is 4.29. The lowest BCUT2D eigenvalue weighted by atomic mass is 9.93. The fraction of sp³-hybridized carbons (Fsp3) is 0.667. The molecule has 0 aromatic carbocycles. The van der Waals surface area contributed by atoms with Gasteiger partial charge in [-0.15, -0.1) is 0 Å². The van der Waals surface area contributed by atoms with Crippen LogP contribution in [0.2, 0.25) is 0 Å². The molecular formula is C9H14O2. The fourth-order valence-electron chi connectivity index (χ4n) is 1.34. The van der Waals surface area contributed by atoms with Crippen LogP contribution in [-0.4, -0.2) is 19.0 Å². The molecule has 0 saturated carbocycles. The quantitative estimate of drug-likeness (QED) is 0.455. The molecule has 0 radical (unpaired) electrons. The molecule has 2 heteroatoms. The third-order valence-electron chi connectivity index (χ3n) is 1.95. The Hall–Kier alpha value is -0.630. The molecule has 0 fully saturated rings. The Balaban J connectivity index is 2.49. The molecule has 0 heterocycles. The maximum atomic E-state index is 10.5. The van der Waals surface area contributed by atoms with Crippen molar-refractivity contribution in [2.75, 3.05) is 6.61 Å². The molecule has 0 amide bonds. The van der Waals surface area contributed by atoms with Gasteiger partial charge in [-0.3, -0.25) is 0 Å². The minimum atomic E-state index is 0.0336. The largest absolute Gasteiger partial charge is 0.374 e. The third kappa shape index (κ3) is 2.15. The van der Waals surface area contributed by atoms with E-state index < -0.39 is 0 Å². The highest BCUT2D eigenvalue weighted by molar-refractivity contribution is 5.55. The highest BCUT2D eigenvalue weighted by Crippen LogP contribution is 2.19. The van der Waals surface area contributed by atoms with E-state index in [4.69, 9.17) is 4.74 Å². The smallest absolute Gasteiger partial charge is 0.126 e. The van der Waals surface area contributed by atoms with Crippen LogP contribution in [0.15, 0.2) is 12.2 Å². The Morgan fingerprint density at radius 1 is 1.73 bits per heavy atom. The van der Waals surface area contributed by atoms with Crippen LogP contribution in [0.5, 0.6) is 0 Å². The molecule has 0 unspecified atom stereocenters. The van der Waals surface area contributed by atoms with Gasteiger partial charge in [-0.1, -0.05) is 12.2 Å². The van der Waals surface area contributed by atoms with Crippen LogP contribution in [0, 0.1) is 5.92 Å². The first kappa shape index (κ1) is 8.47. The summed E-state index contributed by atoms with van der Waals surface area (Å²) in [5.41, 5.74) is 0. The number of rotatable bonds is 3. The average molecular weight is 154 g/mol. The van der Waals surface area contributed by atoms with E-state index in [1.165, 1.54) is 0 Å². The van der Waals surface area contributed by atoms with Crippen molar-refractivity contribution in [2.24, 2.45) is 5.92 Å². The van der Waals surface area contributed by atoms with E-state index in [2.05, 4.69) is 6.08 Å². The van der Waals surface area contributed by atoms with Gasteiger partial charge in [0, 0.05) is 12.5 Å². The van der Waals surface area contributed by atoms with E-state index in [9.17, 15) is 4.79 Å². The first-order valence-electron chi connectivity index (χ1n) is 4.12. The second-order valence-electron chi connectivity index (χ2n) is 2.73. The van der Waals surface area contributed by atoms with E-state index in [0.29, 0.717) is 6.61 Å². The molecule has 1 aliphatic carbocycles. The van der Waals surface area contributed by atoms with Crippen LogP contribution in [0.25, 0.3) is 0 Å². The predicted molar refractivity (Wildman–Crippen MR) is 43.3 cm³/mol. The van der Waals surface area contributed by atoms with Gasteiger partial charge in [0.1, 0.15) is 6.29 Å². The van der Waals surface area contributed by atoms with Gasteiger partial charge in [-0.05, 0) is 19.8 Å². The zero-order valence-corrected chi connectivity index (χ0v) is 6.82. The van der Waals surface area contributed by atoms with Crippen LogP contribution in [0.4, 0.5) is 0 Å². The van der Waals surface area contributed by atoms with Crippen molar-refractivity contribution < 1.29 is 9.53 Å². The van der Waals surface area contributed by atoms with Gasteiger partial charge in [-0.25, -0.2) is 0 Å². The Morgan fingerprint density at radius 2 is 2.55 bits per heavy atom. The van der Waals surface area contributed by atoms with E-state index in [1.54, 1.807) is 0 Å². The Bertz CT molecular complexity index is 152. The summed E-state index contributed by atoms with van der Waals surface area (Å²) in [4.78, 5) is 10.5. The maximum Gasteiger partial charge on any atom is 0.126 e. The zero-order chi connectivity index (χ0) is 8.10. The summed E-state index contributed by atoms with van der Waals surface area (Å²) in [5.74, 6) is 0.0833. The number of carbonyl (C=O) groups excluding carboxylic acids is 1. The summed E-state index contributed by atoms with van der Waals surface area (Å²) in [7, 11) is 0. The molecule has 2 atom stereocenters. The fourth-order valence-corrected chi connectivity index (χ4v) is 1.34. The topological polar surface area (TPSA) is 26.3 Å². The molecule has 0 aliphatic heterocycles. The van der Waals surface area contributed by atoms with Crippen LogP contribution in [0.3, 0.4) is 0 Å². The molecule has 2 nitrogen and oxygen atoms in total. The van der Waals surface area contributed by atoms with Crippen molar-refractivity contribution in [2.45, 2.75) is 25.9 Å². The summed E-state index contributed by atoms with van der Waals surface area (Å²) < 4.78 is 5.37. The van der Waals surface area contributed by atoms with Gasteiger partial charge in [-0.2, -0.15) is 0 Å². The third-order valence-corrected chi connectivity index (χ3v) is 1.95. The molecule has 1 aliphatic rings. The monoisotopic (exact) mass is 154 g/mol. The first-order chi connectivity index (χ1) is 5.38. The number of aldehydes is 1. The van der Waals surface area contributed by atoms with Crippen molar-refractivity contribution >= 4 is 6.29 Å². The summed E-state index contributed by atoms with van der Waals surface area (Å²) in [6.45, 7) is 2.63. The molecule has 0 aromatic heterocycles. The molecule has 0 bridgehead atoms. The second-order valence-corrected chi connectivity index (χ2v) is 2.73. The number of hydrogen-bond donors (Lipinski definition) is 0. The zero-order valence-electron chi connectivity index (χ0n) is 6.82. The first-order valence-corrected chi connectivity index (χ1v) is 4.12. The molecule has 11 heavy (non-hydrogen) atoms. The standard InChI is InChI=1S/C9H14O2/c1-2-11-9-6-4-3-5-8(9)7-10/h4,6-9H,2-3,5H2,1H3/t8-,9+/m0/s1. The van der Waals surface area contributed by atoms with E-state index in [-0.39, 0.29) is 12.0 Å². The van der Waals surface area contributed by atoms with Crippen LogP contribution in [0.1, 0.15) is 19.8 Å². The SMILES string of the molecule is CCO[C@@H]1C=CCC[C@H]1C=O. The van der Waals surface area contributed by atoms with Crippen LogP contribution in [-0.2, 0) is 9.53 Å². The summed E-state index contributed by atoms with van der Waals surface area (Å²) in [5, 5.41) is 0. The lowest BCUT2D eigenvalue weighted by molar-refractivity contribution is -0.115. The molecule has 1 rings (SSSR count).